The zero-order chi connectivity index (χ0) is 20.6. The second kappa shape index (κ2) is 8.18. The van der Waals surface area contributed by atoms with Gasteiger partial charge in [0.2, 0.25) is 0 Å². The summed E-state index contributed by atoms with van der Waals surface area (Å²) in [6.07, 6.45) is 5.06. The van der Waals surface area contributed by atoms with Gasteiger partial charge < -0.3 is 14.4 Å². The van der Waals surface area contributed by atoms with Gasteiger partial charge >= 0.3 is 0 Å². The molecule has 0 aromatic heterocycles. The summed E-state index contributed by atoms with van der Waals surface area (Å²) in [5.41, 5.74) is 0.709. The van der Waals surface area contributed by atoms with Crippen LogP contribution >= 0.6 is 11.8 Å². The Morgan fingerprint density at radius 1 is 1.14 bits per heavy atom. The highest BCUT2D eigenvalue weighted by Gasteiger charge is 2.50. The first-order valence-corrected chi connectivity index (χ1v) is 12.6. The lowest BCUT2D eigenvalue weighted by molar-refractivity contribution is -0.122. The van der Waals surface area contributed by atoms with Crippen LogP contribution in [-0.4, -0.2) is 56.5 Å². The lowest BCUT2D eigenvalue weighted by Gasteiger charge is -2.27. The number of amidine groups is 1. The van der Waals surface area contributed by atoms with Gasteiger partial charge in [-0.15, -0.1) is 0 Å². The number of sulfone groups is 1. The fourth-order valence-corrected chi connectivity index (χ4v) is 8.28. The SMILES string of the molecule is COc1ccc(N2C(=NC(=O)C3CCCCC3)S[C@H]3CS(=O)(=O)C[C@H]32)c(OC)c1. The third-order valence-electron chi connectivity index (χ3n) is 5.87. The van der Waals surface area contributed by atoms with Crippen molar-refractivity contribution in [1.82, 2.24) is 0 Å². The van der Waals surface area contributed by atoms with Gasteiger partial charge in [-0.25, -0.2) is 8.42 Å². The quantitative estimate of drug-likeness (QED) is 0.714. The molecule has 1 aliphatic carbocycles. The fraction of sp³-hybridized carbons (Fsp3) is 0.600. The van der Waals surface area contributed by atoms with Crippen LogP contribution in [0.2, 0.25) is 0 Å². The van der Waals surface area contributed by atoms with Crippen LogP contribution < -0.4 is 14.4 Å². The van der Waals surface area contributed by atoms with Crippen LogP contribution in [0.25, 0.3) is 0 Å². The minimum atomic E-state index is -3.12. The monoisotopic (exact) mass is 438 g/mol. The van der Waals surface area contributed by atoms with Crippen molar-refractivity contribution in [2.45, 2.75) is 43.4 Å². The molecule has 3 aliphatic rings. The van der Waals surface area contributed by atoms with Gasteiger partial charge in [0.25, 0.3) is 5.91 Å². The number of carbonyl (C=O) groups excluding carboxylic acids is 1. The van der Waals surface area contributed by atoms with Crippen molar-refractivity contribution in [1.29, 1.82) is 0 Å². The summed E-state index contributed by atoms with van der Waals surface area (Å²) in [4.78, 5) is 19.2. The largest absolute Gasteiger partial charge is 0.497 e. The molecule has 2 heterocycles. The van der Waals surface area contributed by atoms with Crippen LogP contribution in [0.5, 0.6) is 11.5 Å². The third-order valence-corrected chi connectivity index (χ3v) is 9.08. The summed E-state index contributed by atoms with van der Waals surface area (Å²) in [5.74, 6) is 1.25. The molecule has 0 unspecified atom stereocenters. The van der Waals surface area contributed by atoms with Gasteiger partial charge in [0.15, 0.2) is 15.0 Å². The molecule has 1 aromatic carbocycles. The Balaban J connectivity index is 1.71. The van der Waals surface area contributed by atoms with E-state index < -0.39 is 9.84 Å². The van der Waals surface area contributed by atoms with Crippen molar-refractivity contribution < 1.29 is 22.7 Å². The van der Waals surface area contributed by atoms with Gasteiger partial charge in [-0.2, -0.15) is 4.99 Å². The number of fused-ring (bicyclic) bond motifs is 1. The van der Waals surface area contributed by atoms with E-state index in [9.17, 15) is 13.2 Å². The molecule has 0 N–H and O–H groups in total. The topological polar surface area (TPSA) is 85.3 Å². The van der Waals surface area contributed by atoms with Gasteiger partial charge in [-0.05, 0) is 25.0 Å². The van der Waals surface area contributed by atoms with Gasteiger partial charge in [-0.3, -0.25) is 4.79 Å². The number of aliphatic imine (C=N–C) groups is 1. The number of ether oxygens (including phenoxy) is 2. The van der Waals surface area contributed by atoms with E-state index in [1.165, 1.54) is 18.2 Å². The third kappa shape index (κ3) is 4.12. The molecule has 3 fully saturated rings. The molecule has 7 nitrogen and oxygen atoms in total. The maximum atomic E-state index is 12.8. The van der Waals surface area contributed by atoms with E-state index in [4.69, 9.17) is 9.47 Å². The van der Waals surface area contributed by atoms with Crippen LogP contribution in [0.15, 0.2) is 23.2 Å². The van der Waals surface area contributed by atoms with Gasteiger partial charge in [0, 0.05) is 17.2 Å². The lowest BCUT2D eigenvalue weighted by atomic mass is 9.89. The Morgan fingerprint density at radius 3 is 2.59 bits per heavy atom. The van der Waals surface area contributed by atoms with E-state index in [0.717, 1.165) is 25.7 Å². The number of thioether (sulfide) groups is 1. The molecule has 9 heteroatoms. The highest BCUT2D eigenvalue weighted by atomic mass is 32.2. The van der Waals surface area contributed by atoms with Crippen molar-refractivity contribution >= 4 is 38.4 Å². The molecule has 0 spiro atoms. The summed E-state index contributed by atoms with van der Waals surface area (Å²) in [7, 11) is 0.0235. The number of carbonyl (C=O) groups is 1. The number of nitrogens with zero attached hydrogens (tertiary/aromatic N) is 2. The predicted molar refractivity (Wildman–Crippen MR) is 115 cm³/mol. The van der Waals surface area contributed by atoms with Crippen LogP contribution in [0.4, 0.5) is 5.69 Å². The van der Waals surface area contributed by atoms with Crippen LogP contribution in [-0.2, 0) is 14.6 Å². The zero-order valence-electron chi connectivity index (χ0n) is 16.7. The normalized spacial score (nSPS) is 27.8. The molecule has 2 aliphatic heterocycles. The Kier molecular flexibility index (Phi) is 5.79. The number of amides is 1. The maximum absolute atomic E-state index is 12.8. The van der Waals surface area contributed by atoms with Crippen molar-refractivity contribution in [3.8, 4) is 11.5 Å². The molecule has 2 saturated heterocycles. The molecule has 1 saturated carbocycles. The first-order valence-electron chi connectivity index (χ1n) is 9.93. The van der Waals surface area contributed by atoms with Crippen LogP contribution in [0.1, 0.15) is 32.1 Å². The second-order valence-electron chi connectivity index (χ2n) is 7.78. The molecule has 29 heavy (non-hydrogen) atoms. The molecule has 1 amide bonds. The molecule has 4 rings (SSSR count). The number of hydrogen-bond donors (Lipinski definition) is 0. The molecule has 2 atom stereocenters. The van der Waals surface area contributed by atoms with E-state index in [1.54, 1.807) is 26.4 Å². The first-order chi connectivity index (χ1) is 13.9. The van der Waals surface area contributed by atoms with Crippen molar-refractivity contribution in [3.63, 3.8) is 0 Å². The smallest absolute Gasteiger partial charge is 0.251 e. The van der Waals surface area contributed by atoms with Crippen LogP contribution in [0, 0.1) is 5.92 Å². The van der Waals surface area contributed by atoms with Crippen molar-refractivity contribution in [2.24, 2.45) is 10.9 Å². The fourth-order valence-electron chi connectivity index (χ4n) is 4.37. The number of anilines is 1. The van der Waals surface area contributed by atoms with Gasteiger partial charge in [0.1, 0.15) is 11.5 Å². The average Bonchev–Trinajstić information content (AvgIpc) is 3.18. The summed E-state index contributed by atoms with van der Waals surface area (Å²) < 4.78 is 35.3. The highest BCUT2D eigenvalue weighted by Crippen LogP contribution is 2.45. The van der Waals surface area contributed by atoms with E-state index >= 15 is 0 Å². The number of rotatable bonds is 4. The first kappa shape index (κ1) is 20.5. The molecular weight excluding hydrogens is 412 g/mol. The van der Waals surface area contributed by atoms with E-state index in [0.29, 0.717) is 22.4 Å². The Morgan fingerprint density at radius 2 is 1.90 bits per heavy atom. The maximum Gasteiger partial charge on any atom is 0.251 e. The van der Waals surface area contributed by atoms with Crippen molar-refractivity contribution in [2.75, 3.05) is 30.6 Å². The standard InChI is InChI=1S/C20H26N2O5S2/c1-26-14-8-9-15(17(10-14)27-2)22-16-11-29(24,25)12-18(16)28-20(22)21-19(23)13-6-4-3-5-7-13/h8-10,13,16,18H,3-7,11-12H2,1-2H3/t16-,18+/m1/s1. The minimum Gasteiger partial charge on any atom is -0.497 e. The summed E-state index contributed by atoms with van der Waals surface area (Å²) in [5, 5.41) is 0.443. The predicted octanol–water partition coefficient (Wildman–Crippen LogP) is 2.89. The second-order valence-corrected chi connectivity index (χ2v) is 11.1. The molecule has 0 radical (unpaired) electrons. The van der Waals surface area contributed by atoms with Gasteiger partial charge in [-0.1, -0.05) is 31.0 Å². The van der Waals surface area contributed by atoms with E-state index in [-0.39, 0.29) is 34.6 Å². The van der Waals surface area contributed by atoms with Crippen LogP contribution in [0.3, 0.4) is 0 Å². The van der Waals surface area contributed by atoms with E-state index in [2.05, 4.69) is 4.99 Å². The molecule has 1 aromatic rings. The summed E-state index contributed by atoms with van der Waals surface area (Å²) >= 11 is 1.40. The van der Waals surface area contributed by atoms with Crippen molar-refractivity contribution in [3.05, 3.63) is 18.2 Å². The molecular formula is C20H26N2O5S2. The number of hydrogen-bond acceptors (Lipinski definition) is 6. The Bertz CT molecular complexity index is 925. The van der Waals surface area contributed by atoms with Gasteiger partial charge in [0.05, 0.1) is 37.5 Å². The number of methoxy groups -OCH3 is 2. The Labute approximate surface area is 175 Å². The average molecular weight is 439 g/mol. The lowest BCUT2D eigenvalue weighted by Crippen LogP contribution is -2.38. The highest BCUT2D eigenvalue weighted by molar-refractivity contribution is 8.16. The summed E-state index contributed by atoms with van der Waals surface area (Å²) in [6.45, 7) is 0. The Hall–Kier alpha value is -1.74. The number of benzene rings is 1. The zero-order valence-corrected chi connectivity index (χ0v) is 18.3. The molecule has 158 valence electrons. The summed E-state index contributed by atoms with van der Waals surface area (Å²) in [6, 6.07) is 5.15. The molecule has 0 bridgehead atoms. The minimum absolute atomic E-state index is 0.0272. The van der Waals surface area contributed by atoms with E-state index in [1.807, 2.05) is 11.0 Å².